The van der Waals surface area contributed by atoms with Crippen molar-refractivity contribution in [3.8, 4) is 16.9 Å². The zero-order chi connectivity index (χ0) is 27.1. The number of nitrogens with zero attached hydrogens (tertiary/aromatic N) is 5. The van der Waals surface area contributed by atoms with Gasteiger partial charge in [-0.2, -0.15) is 5.10 Å². The highest BCUT2D eigenvalue weighted by Crippen LogP contribution is 2.38. The third-order valence-electron chi connectivity index (χ3n) is 7.39. The Hall–Kier alpha value is -4.57. The highest BCUT2D eigenvalue weighted by Gasteiger charge is 2.29. The summed E-state index contributed by atoms with van der Waals surface area (Å²) in [5.74, 6) is -0.568. The third kappa shape index (κ3) is 4.63. The number of nitrogens with two attached hydrogens (primary N) is 1. The van der Waals surface area contributed by atoms with E-state index in [4.69, 9.17) is 5.73 Å². The van der Waals surface area contributed by atoms with Gasteiger partial charge in [-0.15, -0.1) is 0 Å². The molecule has 2 amide bonds. The molecule has 2 aliphatic rings. The van der Waals surface area contributed by atoms with E-state index < -0.39 is 5.91 Å². The van der Waals surface area contributed by atoms with Gasteiger partial charge in [0.05, 0.1) is 16.9 Å². The maximum atomic E-state index is 13.6. The molecule has 0 saturated carbocycles. The van der Waals surface area contributed by atoms with E-state index in [0.29, 0.717) is 41.3 Å². The van der Waals surface area contributed by atoms with E-state index in [-0.39, 0.29) is 17.4 Å². The van der Waals surface area contributed by atoms with Crippen molar-refractivity contribution in [2.24, 2.45) is 5.73 Å². The van der Waals surface area contributed by atoms with Crippen LogP contribution in [0.5, 0.6) is 0 Å². The van der Waals surface area contributed by atoms with E-state index in [1.165, 1.54) is 12.1 Å². The lowest BCUT2D eigenvalue weighted by molar-refractivity contribution is 0.0992. The zero-order valence-electron chi connectivity index (χ0n) is 21.5. The molecule has 1 fully saturated rings. The van der Waals surface area contributed by atoms with Gasteiger partial charge in [0, 0.05) is 49.2 Å². The van der Waals surface area contributed by atoms with Crippen molar-refractivity contribution in [2.75, 3.05) is 43.4 Å². The number of halogens is 1. The van der Waals surface area contributed by atoms with Crippen LogP contribution in [0.4, 0.5) is 15.9 Å². The minimum absolute atomic E-state index is 0.196. The number of anilines is 2. The van der Waals surface area contributed by atoms with Gasteiger partial charge in [-0.25, -0.2) is 14.1 Å². The Balaban J connectivity index is 1.36. The fourth-order valence-corrected chi connectivity index (χ4v) is 5.33. The molecule has 0 radical (unpaired) electrons. The number of primary amides is 1. The molecule has 2 aromatic heterocycles. The monoisotopic (exact) mass is 525 g/mol. The smallest absolute Gasteiger partial charge is 0.269 e. The number of pyridine rings is 1. The summed E-state index contributed by atoms with van der Waals surface area (Å²) >= 11 is 0. The van der Waals surface area contributed by atoms with E-state index >= 15 is 0 Å². The Morgan fingerprint density at radius 2 is 1.77 bits per heavy atom. The molecule has 0 unspecified atom stereocenters. The second-order valence-corrected chi connectivity index (χ2v) is 9.92. The number of carbonyl (C=O) groups excluding carboxylic acids is 2. The van der Waals surface area contributed by atoms with Crippen molar-refractivity contribution in [3.63, 3.8) is 0 Å². The van der Waals surface area contributed by atoms with Crippen molar-refractivity contribution in [2.45, 2.75) is 12.8 Å². The summed E-state index contributed by atoms with van der Waals surface area (Å²) < 4.78 is 15.3. The number of amides is 2. The molecule has 3 N–H and O–H groups in total. The number of benzene rings is 2. The number of likely N-dealkylation sites (N-methyl/N-ethyl adjacent to an activating group) is 1. The van der Waals surface area contributed by atoms with E-state index in [0.717, 1.165) is 42.9 Å². The third-order valence-corrected chi connectivity index (χ3v) is 7.39. The van der Waals surface area contributed by atoms with E-state index in [1.54, 1.807) is 35.1 Å². The van der Waals surface area contributed by atoms with Crippen LogP contribution in [0.25, 0.3) is 16.9 Å². The number of piperazine rings is 1. The molecular formula is C29H28FN7O2. The summed E-state index contributed by atoms with van der Waals surface area (Å²) in [7, 11) is 2.08. The summed E-state index contributed by atoms with van der Waals surface area (Å²) in [5.41, 5.74) is 10.9. The van der Waals surface area contributed by atoms with Crippen LogP contribution in [0.1, 0.15) is 32.0 Å². The molecule has 0 spiro atoms. The standard InChI is InChI=1S/C29H28FN7O2/c1-35-13-15-36(16-14-35)28-23(3-2-12-32-28)29(39)33-20-8-4-18-5-11-22-25(27(31)38)34-37(26(22)24(18)17-20)21-9-6-19(30)7-10-21/h2-4,6-10,12,17H,5,11,13-16H2,1H3,(H2,31,38)(H,33,39). The summed E-state index contributed by atoms with van der Waals surface area (Å²) in [6, 6.07) is 15.2. The lowest BCUT2D eigenvalue weighted by Gasteiger charge is -2.34. The van der Waals surface area contributed by atoms with Gasteiger partial charge in [0.25, 0.3) is 11.8 Å². The number of nitrogens with one attached hydrogen (secondary N) is 1. The van der Waals surface area contributed by atoms with Gasteiger partial charge in [-0.1, -0.05) is 6.07 Å². The largest absolute Gasteiger partial charge is 0.364 e. The number of rotatable bonds is 5. The second kappa shape index (κ2) is 9.95. The van der Waals surface area contributed by atoms with Crippen LogP contribution in [-0.4, -0.2) is 64.7 Å². The molecule has 10 heteroatoms. The molecule has 2 aromatic carbocycles. The van der Waals surface area contributed by atoms with Crippen molar-refractivity contribution >= 4 is 23.3 Å². The number of aromatic nitrogens is 3. The Labute approximate surface area is 225 Å². The minimum atomic E-state index is -0.618. The van der Waals surface area contributed by atoms with Gasteiger partial charge in [-0.3, -0.25) is 9.59 Å². The van der Waals surface area contributed by atoms with Crippen LogP contribution in [0, 0.1) is 5.82 Å². The molecule has 4 aromatic rings. The van der Waals surface area contributed by atoms with Gasteiger partial charge >= 0.3 is 0 Å². The van der Waals surface area contributed by atoms with Gasteiger partial charge in [-0.05, 0) is 74.0 Å². The molecule has 39 heavy (non-hydrogen) atoms. The number of hydrogen-bond donors (Lipinski definition) is 2. The van der Waals surface area contributed by atoms with E-state index in [9.17, 15) is 14.0 Å². The Bertz CT molecular complexity index is 1570. The van der Waals surface area contributed by atoms with Crippen LogP contribution in [-0.2, 0) is 12.8 Å². The summed E-state index contributed by atoms with van der Waals surface area (Å²) in [4.78, 5) is 34.6. The quantitative estimate of drug-likeness (QED) is 0.414. The molecule has 0 atom stereocenters. The Morgan fingerprint density at radius 3 is 2.51 bits per heavy atom. The highest BCUT2D eigenvalue weighted by molar-refractivity contribution is 6.08. The van der Waals surface area contributed by atoms with E-state index in [1.807, 2.05) is 18.2 Å². The molecule has 198 valence electrons. The zero-order valence-corrected chi connectivity index (χ0v) is 21.5. The number of hydrogen-bond acceptors (Lipinski definition) is 6. The topological polar surface area (TPSA) is 109 Å². The lowest BCUT2D eigenvalue weighted by Crippen LogP contribution is -2.45. The van der Waals surface area contributed by atoms with Crippen LogP contribution in [0.2, 0.25) is 0 Å². The first kappa shape index (κ1) is 24.7. The molecule has 1 aliphatic carbocycles. The first-order chi connectivity index (χ1) is 18.9. The highest BCUT2D eigenvalue weighted by atomic mass is 19.1. The fraction of sp³-hybridized carbons (Fsp3) is 0.241. The normalized spacial score (nSPS) is 15.0. The maximum Gasteiger partial charge on any atom is 0.269 e. The van der Waals surface area contributed by atoms with Crippen molar-refractivity contribution < 1.29 is 14.0 Å². The minimum Gasteiger partial charge on any atom is -0.364 e. The van der Waals surface area contributed by atoms with Gasteiger partial charge in [0.15, 0.2) is 5.69 Å². The Morgan fingerprint density at radius 1 is 1.00 bits per heavy atom. The molecule has 9 nitrogen and oxygen atoms in total. The maximum absolute atomic E-state index is 13.6. The first-order valence-electron chi connectivity index (χ1n) is 12.9. The average Bonchev–Trinajstić information content (AvgIpc) is 3.34. The fourth-order valence-electron chi connectivity index (χ4n) is 5.33. The number of fused-ring (bicyclic) bond motifs is 3. The van der Waals surface area contributed by atoms with E-state index in [2.05, 4.69) is 32.2 Å². The number of aryl methyl sites for hydroxylation is 1. The molecule has 1 aliphatic heterocycles. The average molecular weight is 526 g/mol. The predicted molar refractivity (Wildman–Crippen MR) is 147 cm³/mol. The lowest BCUT2D eigenvalue weighted by atomic mass is 9.88. The predicted octanol–water partition coefficient (Wildman–Crippen LogP) is 3.28. The van der Waals surface area contributed by atoms with Crippen molar-refractivity contribution in [3.05, 3.63) is 89.0 Å². The van der Waals surface area contributed by atoms with Gasteiger partial charge in [0.2, 0.25) is 0 Å². The van der Waals surface area contributed by atoms with Gasteiger partial charge in [0.1, 0.15) is 11.6 Å². The van der Waals surface area contributed by atoms with Crippen molar-refractivity contribution in [1.29, 1.82) is 0 Å². The number of carbonyl (C=O) groups is 2. The summed E-state index contributed by atoms with van der Waals surface area (Å²) in [5, 5.41) is 7.55. The summed E-state index contributed by atoms with van der Waals surface area (Å²) in [6.07, 6.45) is 3.00. The molecule has 0 bridgehead atoms. The van der Waals surface area contributed by atoms with Crippen LogP contribution >= 0.6 is 0 Å². The second-order valence-electron chi connectivity index (χ2n) is 9.92. The molecule has 3 heterocycles. The first-order valence-corrected chi connectivity index (χ1v) is 12.9. The van der Waals surface area contributed by atoms with Gasteiger partial charge < -0.3 is 20.9 Å². The molecule has 6 rings (SSSR count). The summed E-state index contributed by atoms with van der Waals surface area (Å²) in [6.45, 7) is 3.40. The van der Waals surface area contributed by atoms with Crippen molar-refractivity contribution in [1.82, 2.24) is 19.7 Å². The Kier molecular flexibility index (Phi) is 6.32. The molecule has 1 saturated heterocycles. The van der Waals surface area contributed by atoms with Crippen LogP contribution in [0.3, 0.4) is 0 Å². The van der Waals surface area contributed by atoms with Crippen LogP contribution < -0.4 is 16.0 Å². The SMILES string of the molecule is CN1CCN(c2ncccc2C(=O)Nc2ccc3c(c2)-c2c(c(C(N)=O)nn2-c2ccc(F)cc2)CC3)CC1. The van der Waals surface area contributed by atoms with Crippen LogP contribution in [0.15, 0.2) is 60.8 Å². The molecular weight excluding hydrogens is 497 g/mol.